The lowest BCUT2D eigenvalue weighted by atomic mass is 10.1. The van der Waals surface area contributed by atoms with Crippen molar-refractivity contribution in [3.05, 3.63) is 66.0 Å². The van der Waals surface area contributed by atoms with Crippen LogP contribution in [0.25, 0.3) is 11.3 Å². The van der Waals surface area contributed by atoms with Crippen LogP contribution in [0.15, 0.2) is 54.6 Å². The summed E-state index contributed by atoms with van der Waals surface area (Å²) in [6, 6.07) is 12.9. The fraction of sp³-hybridized carbons (Fsp3) is 0.238. The molecule has 1 aliphatic rings. The molecule has 0 atom stereocenters. The van der Waals surface area contributed by atoms with Gasteiger partial charge >= 0.3 is 6.36 Å². The molecule has 0 saturated carbocycles. The SMILES string of the molecule is O=C(c1cccc(OC(F)(F)F)c1)N1CCN(c2cc(-c3ccc(F)cc3)[nH]n2)CC1. The van der Waals surface area contributed by atoms with Gasteiger partial charge in [-0.05, 0) is 48.0 Å². The van der Waals surface area contributed by atoms with Gasteiger partial charge in [-0.1, -0.05) is 6.07 Å². The number of amides is 1. The largest absolute Gasteiger partial charge is 0.573 e. The van der Waals surface area contributed by atoms with E-state index in [4.69, 9.17) is 0 Å². The summed E-state index contributed by atoms with van der Waals surface area (Å²) in [5, 5.41) is 7.22. The summed E-state index contributed by atoms with van der Waals surface area (Å²) >= 11 is 0. The van der Waals surface area contributed by atoms with Gasteiger partial charge in [0.1, 0.15) is 11.6 Å². The zero-order valence-corrected chi connectivity index (χ0v) is 16.2. The van der Waals surface area contributed by atoms with Gasteiger partial charge < -0.3 is 14.5 Å². The first-order chi connectivity index (χ1) is 14.8. The van der Waals surface area contributed by atoms with E-state index in [1.807, 2.05) is 11.0 Å². The van der Waals surface area contributed by atoms with Crippen molar-refractivity contribution >= 4 is 11.7 Å². The molecule has 1 saturated heterocycles. The van der Waals surface area contributed by atoms with E-state index in [0.29, 0.717) is 32.0 Å². The number of hydrogen-bond donors (Lipinski definition) is 1. The second-order valence-corrected chi connectivity index (χ2v) is 7.00. The normalized spacial score (nSPS) is 14.6. The van der Waals surface area contributed by atoms with Gasteiger partial charge in [-0.25, -0.2) is 4.39 Å². The Balaban J connectivity index is 1.38. The van der Waals surface area contributed by atoms with Gasteiger partial charge in [-0.3, -0.25) is 9.89 Å². The van der Waals surface area contributed by atoms with Crippen LogP contribution in [0.2, 0.25) is 0 Å². The highest BCUT2D eigenvalue weighted by Crippen LogP contribution is 2.25. The van der Waals surface area contributed by atoms with E-state index in [2.05, 4.69) is 14.9 Å². The molecule has 1 aromatic heterocycles. The van der Waals surface area contributed by atoms with Gasteiger partial charge in [-0.2, -0.15) is 5.10 Å². The summed E-state index contributed by atoms with van der Waals surface area (Å²) in [7, 11) is 0. The highest BCUT2D eigenvalue weighted by atomic mass is 19.4. The standard InChI is InChI=1S/C21H18F4N4O2/c22-16-6-4-14(5-7-16)18-13-19(27-26-18)28-8-10-29(11-9-28)20(30)15-2-1-3-17(12-15)31-21(23,24)25/h1-7,12-13H,8-11H2,(H,26,27). The third-order valence-corrected chi connectivity index (χ3v) is 4.93. The lowest BCUT2D eigenvalue weighted by Crippen LogP contribution is -2.49. The molecule has 2 aromatic carbocycles. The molecule has 4 rings (SSSR count). The Labute approximate surface area is 175 Å². The van der Waals surface area contributed by atoms with E-state index in [1.165, 1.54) is 24.3 Å². The molecule has 3 aromatic rings. The molecule has 0 unspecified atom stereocenters. The van der Waals surface area contributed by atoms with Gasteiger partial charge in [0.25, 0.3) is 5.91 Å². The lowest BCUT2D eigenvalue weighted by Gasteiger charge is -2.34. The van der Waals surface area contributed by atoms with Crippen molar-refractivity contribution in [2.24, 2.45) is 0 Å². The quantitative estimate of drug-likeness (QED) is 0.629. The summed E-state index contributed by atoms with van der Waals surface area (Å²) in [5.41, 5.74) is 1.68. The minimum absolute atomic E-state index is 0.133. The van der Waals surface area contributed by atoms with Gasteiger partial charge in [0, 0.05) is 37.8 Å². The van der Waals surface area contributed by atoms with Crippen LogP contribution in [0.3, 0.4) is 0 Å². The van der Waals surface area contributed by atoms with Crippen LogP contribution in [0, 0.1) is 5.82 Å². The van der Waals surface area contributed by atoms with Gasteiger partial charge in [0.15, 0.2) is 5.82 Å². The van der Waals surface area contributed by atoms with E-state index in [-0.39, 0.29) is 17.3 Å². The van der Waals surface area contributed by atoms with E-state index in [1.54, 1.807) is 17.0 Å². The average Bonchev–Trinajstić information content (AvgIpc) is 3.23. The van der Waals surface area contributed by atoms with E-state index in [0.717, 1.165) is 23.4 Å². The molecule has 1 fully saturated rings. The number of nitrogens with zero attached hydrogens (tertiary/aromatic N) is 3. The van der Waals surface area contributed by atoms with Crippen LogP contribution in [-0.2, 0) is 0 Å². The number of aromatic nitrogens is 2. The van der Waals surface area contributed by atoms with Crippen LogP contribution in [0.4, 0.5) is 23.4 Å². The van der Waals surface area contributed by atoms with Crippen molar-refractivity contribution in [2.75, 3.05) is 31.1 Å². The van der Waals surface area contributed by atoms with E-state index < -0.39 is 12.1 Å². The fourth-order valence-corrected chi connectivity index (χ4v) is 3.40. The number of rotatable bonds is 4. The Kier molecular flexibility index (Phi) is 5.53. The van der Waals surface area contributed by atoms with Gasteiger partial charge in [0.05, 0.1) is 5.69 Å². The summed E-state index contributed by atoms with van der Waals surface area (Å²) in [6.07, 6.45) is -4.82. The Morgan fingerprint density at radius 1 is 1.00 bits per heavy atom. The third-order valence-electron chi connectivity index (χ3n) is 4.93. The molecular weight excluding hydrogens is 416 g/mol. The molecule has 0 bridgehead atoms. The Morgan fingerprint density at radius 2 is 1.71 bits per heavy atom. The number of carbonyl (C=O) groups is 1. The first-order valence-electron chi connectivity index (χ1n) is 9.50. The van der Waals surface area contributed by atoms with E-state index >= 15 is 0 Å². The third kappa shape index (κ3) is 4.96. The maximum Gasteiger partial charge on any atom is 0.573 e. The summed E-state index contributed by atoms with van der Waals surface area (Å²) in [4.78, 5) is 16.3. The van der Waals surface area contributed by atoms with Crippen molar-refractivity contribution in [1.82, 2.24) is 15.1 Å². The van der Waals surface area contributed by atoms with Crippen molar-refractivity contribution in [3.8, 4) is 17.0 Å². The molecule has 162 valence electrons. The monoisotopic (exact) mass is 434 g/mol. The molecule has 1 amide bonds. The number of anilines is 1. The molecule has 10 heteroatoms. The maximum atomic E-state index is 13.1. The highest BCUT2D eigenvalue weighted by Gasteiger charge is 2.31. The zero-order chi connectivity index (χ0) is 22.0. The number of aromatic amines is 1. The molecule has 0 spiro atoms. The number of H-pyrrole nitrogens is 1. The van der Waals surface area contributed by atoms with Crippen LogP contribution in [0.1, 0.15) is 10.4 Å². The average molecular weight is 434 g/mol. The summed E-state index contributed by atoms with van der Waals surface area (Å²) in [5.74, 6) is -0.407. The highest BCUT2D eigenvalue weighted by molar-refractivity contribution is 5.94. The smallest absolute Gasteiger partial charge is 0.406 e. The Morgan fingerprint density at radius 3 is 2.39 bits per heavy atom. The molecule has 0 radical (unpaired) electrons. The number of halogens is 4. The minimum atomic E-state index is -4.82. The number of nitrogens with one attached hydrogen (secondary N) is 1. The molecular formula is C21H18F4N4O2. The second-order valence-electron chi connectivity index (χ2n) is 7.00. The fourth-order valence-electron chi connectivity index (χ4n) is 3.40. The zero-order valence-electron chi connectivity index (χ0n) is 16.2. The van der Waals surface area contributed by atoms with Crippen LogP contribution >= 0.6 is 0 Å². The molecule has 31 heavy (non-hydrogen) atoms. The first-order valence-corrected chi connectivity index (χ1v) is 9.50. The van der Waals surface area contributed by atoms with Gasteiger partial charge in [0.2, 0.25) is 0 Å². The van der Waals surface area contributed by atoms with Crippen molar-refractivity contribution in [2.45, 2.75) is 6.36 Å². The Hall–Kier alpha value is -3.56. The lowest BCUT2D eigenvalue weighted by molar-refractivity contribution is -0.274. The number of ether oxygens (including phenoxy) is 1. The molecule has 0 aliphatic carbocycles. The van der Waals surface area contributed by atoms with Crippen molar-refractivity contribution < 1.29 is 27.1 Å². The van der Waals surface area contributed by atoms with Crippen LogP contribution in [-0.4, -0.2) is 53.5 Å². The number of alkyl halides is 3. The molecule has 1 N–H and O–H groups in total. The van der Waals surface area contributed by atoms with Crippen molar-refractivity contribution in [3.63, 3.8) is 0 Å². The van der Waals surface area contributed by atoms with Gasteiger partial charge in [-0.15, -0.1) is 13.2 Å². The predicted molar refractivity (Wildman–Crippen MR) is 105 cm³/mol. The number of carbonyl (C=O) groups excluding carboxylic acids is 1. The van der Waals surface area contributed by atoms with Crippen molar-refractivity contribution in [1.29, 1.82) is 0 Å². The maximum absolute atomic E-state index is 13.1. The van der Waals surface area contributed by atoms with Crippen LogP contribution in [0.5, 0.6) is 5.75 Å². The predicted octanol–water partition coefficient (Wildman–Crippen LogP) is 4.08. The van der Waals surface area contributed by atoms with Crippen LogP contribution < -0.4 is 9.64 Å². The summed E-state index contributed by atoms with van der Waals surface area (Å²) < 4.78 is 54.2. The number of hydrogen-bond acceptors (Lipinski definition) is 4. The first kappa shape index (κ1) is 20.7. The number of benzene rings is 2. The minimum Gasteiger partial charge on any atom is -0.406 e. The molecule has 1 aliphatic heterocycles. The summed E-state index contributed by atoms with van der Waals surface area (Å²) in [6.45, 7) is 1.81. The Bertz CT molecular complexity index is 1060. The number of piperazine rings is 1. The second kappa shape index (κ2) is 8.29. The molecule has 2 heterocycles. The topological polar surface area (TPSA) is 61.5 Å². The van der Waals surface area contributed by atoms with E-state index in [9.17, 15) is 22.4 Å². The molecule has 6 nitrogen and oxygen atoms in total.